The number of rotatable bonds is 4. The standard InChI is InChI=1S/C19H23FN4O2/c20-15-5-1-2-7-18(15)26-13-8-10-24(11-9-13)19(25)21-12-17-14-4-3-6-16(14)22-23-17/h1-2,5,7,13H,3-4,6,8-12H2,(H,21,25)(H,22,23). The van der Waals surface area contributed by atoms with Crippen LogP contribution in [0.15, 0.2) is 24.3 Å². The number of ether oxygens (including phenoxy) is 1. The van der Waals surface area contributed by atoms with Crippen LogP contribution in [0.1, 0.15) is 36.2 Å². The molecule has 1 fully saturated rings. The number of piperidine rings is 1. The van der Waals surface area contributed by atoms with Crippen LogP contribution in [0.25, 0.3) is 0 Å². The molecule has 26 heavy (non-hydrogen) atoms. The molecule has 2 N–H and O–H groups in total. The molecule has 138 valence electrons. The zero-order valence-electron chi connectivity index (χ0n) is 14.6. The first-order valence-corrected chi connectivity index (χ1v) is 9.19. The summed E-state index contributed by atoms with van der Waals surface area (Å²) in [6.45, 7) is 1.66. The number of carbonyl (C=O) groups is 1. The number of likely N-dealkylation sites (tertiary alicyclic amines) is 1. The third-order valence-corrected chi connectivity index (χ3v) is 5.16. The Morgan fingerprint density at radius 2 is 2.12 bits per heavy atom. The molecule has 1 saturated heterocycles. The highest BCUT2D eigenvalue weighted by Crippen LogP contribution is 2.23. The first kappa shape index (κ1) is 16.9. The summed E-state index contributed by atoms with van der Waals surface area (Å²) in [5.41, 5.74) is 3.42. The Morgan fingerprint density at radius 3 is 2.92 bits per heavy atom. The molecule has 0 spiro atoms. The number of fused-ring (bicyclic) bond motifs is 1. The quantitative estimate of drug-likeness (QED) is 0.883. The van der Waals surface area contributed by atoms with Gasteiger partial charge >= 0.3 is 6.03 Å². The van der Waals surface area contributed by atoms with Crippen LogP contribution in [0.4, 0.5) is 9.18 Å². The van der Waals surface area contributed by atoms with Crippen molar-refractivity contribution in [2.24, 2.45) is 0 Å². The van der Waals surface area contributed by atoms with Crippen molar-refractivity contribution >= 4 is 6.03 Å². The van der Waals surface area contributed by atoms with Gasteiger partial charge in [0.2, 0.25) is 0 Å². The van der Waals surface area contributed by atoms with Gasteiger partial charge in [-0.05, 0) is 37.0 Å². The predicted molar refractivity (Wildman–Crippen MR) is 94.5 cm³/mol. The molecule has 1 aliphatic heterocycles. The van der Waals surface area contributed by atoms with Crippen molar-refractivity contribution in [1.29, 1.82) is 0 Å². The van der Waals surface area contributed by atoms with E-state index in [1.54, 1.807) is 23.1 Å². The van der Waals surface area contributed by atoms with Crippen molar-refractivity contribution in [3.05, 3.63) is 47.0 Å². The number of amides is 2. The number of aryl methyl sites for hydroxylation is 1. The third-order valence-electron chi connectivity index (χ3n) is 5.16. The van der Waals surface area contributed by atoms with Gasteiger partial charge in [-0.1, -0.05) is 12.1 Å². The number of carbonyl (C=O) groups excluding carboxylic acids is 1. The smallest absolute Gasteiger partial charge is 0.317 e. The van der Waals surface area contributed by atoms with Crippen LogP contribution in [0.2, 0.25) is 0 Å². The van der Waals surface area contributed by atoms with E-state index in [4.69, 9.17) is 4.74 Å². The molecule has 1 aromatic heterocycles. The van der Waals surface area contributed by atoms with Gasteiger partial charge in [0.1, 0.15) is 6.10 Å². The molecule has 0 bridgehead atoms. The highest BCUT2D eigenvalue weighted by atomic mass is 19.1. The maximum absolute atomic E-state index is 13.7. The number of nitrogens with zero attached hydrogens (tertiary/aromatic N) is 2. The lowest BCUT2D eigenvalue weighted by Crippen LogP contribution is -2.46. The fourth-order valence-corrected chi connectivity index (χ4v) is 3.70. The monoisotopic (exact) mass is 358 g/mol. The van der Waals surface area contributed by atoms with Crippen LogP contribution in [0.5, 0.6) is 5.75 Å². The lowest BCUT2D eigenvalue weighted by Gasteiger charge is -2.32. The molecule has 2 heterocycles. The van der Waals surface area contributed by atoms with Crippen molar-refractivity contribution in [2.45, 2.75) is 44.8 Å². The maximum atomic E-state index is 13.7. The zero-order valence-corrected chi connectivity index (χ0v) is 14.6. The average Bonchev–Trinajstić information content (AvgIpc) is 3.26. The van der Waals surface area contributed by atoms with Gasteiger partial charge in [-0.2, -0.15) is 5.10 Å². The minimum absolute atomic E-state index is 0.0643. The Bertz CT molecular complexity index is 784. The fourth-order valence-electron chi connectivity index (χ4n) is 3.70. The highest BCUT2D eigenvalue weighted by molar-refractivity contribution is 5.74. The summed E-state index contributed by atoms with van der Waals surface area (Å²) in [5.74, 6) is -0.0676. The average molecular weight is 358 g/mol. The van der Waals surface area contributed by atoms with Crippen LogP contribution in [0, 0.1) is 5.82 Å². The topological polar surface area (TPSA) is 70.2 Å². The molecule has 0 saturated carbocycles. The Balaban J connectivity index is 1.25. The van der Waals surface area contributed by atoms with Gasteiger partial charge in [0.25, 0.3) is 0 Å². The molecular weight excluding hydrogens is 335 g/mol. The van der Waals surface area contributed by atoms with E-state index in [1.165, 1.54) is 17.3 Å². The summed E-state index contributed by atoms with van der Waals surface area (Å²) < 4.78 is 19.4. The van der Waals surface area contributed by atoms with Gasteiger partial charge in [0, 0.05) is 31.6 Å². The van der Waals surface area contributed by atoms with Crippen molar-refractivity contribution < 1.29 is 13.9 Å². The Hall–Kier alpha value is -2.57. The number of benzene rings is 1. The van der Waals surface area contributed by atoms with Crippen LogP contribution in [-0.2, 0) is 19.4 Å². The number of hydrogen-bond donors (Lipinski definition) is 2. The Kier molecular flexibility index (Phi) is 4.77. The van der Waals surface area contributed by atoms with Crippen LogP contribution >= 0.6 is 0 Å². The molecule has 0 unspecified atom stereocenters. The first-order chi connectivity index (χ1) is 12.7. The van der Waals surface area contributed by atoms with Crippen LogP contribution in [0.3, 0.4) is 0 Å². The molecule has 0 radical (unpaired) electrons. The van der Waals surface area contributed by atoms with Crippen molar-refractivity contribution in [1.82, 2.24) is 20.4 Å². The van der Waals surface area contributed by atoms with E-state index < -0.39 is 0 Å². The van der Waals surface area contributed by atoms with Gasteiger partial charge < -0.3 is 15.0 Å². The number of aromatic amines is 1. The number of halogens is 1. The van der Waals surface area contributed by atoms with E-state index in [1.807, 2.05) is 0 Å². The predicted octanol–water partition coefficient (Wildman–Crippen LogP) is 2.79. The molecule has 1 aromatic carbocycles. The fraction of sp³-hybridized carbons (Fsp3) is 0.474. The molecule has 0 atom stereocenters. The second-order valence-corrected chi connectivity index (χ2v) is 6.87. The van der Waals surface area contributed by atoms with Crippen LogP contribution in [-0.4, -0.2) is 40.3 Å². The van der Waals surface area contributed by atoms with Crippen molar-refractivity contribution in [2.75, 3.05) is 13.1 Å². The molecule has 6 nitrogen and oxygen atoms in total. The van der Waals surface area contributed by atoms with Gasteiger partial charge in [-0.3, -0.25) is 5.10 Å². The van der Waals surface area contributed by atoms with Crippen molar-refractivity contribution in [3.63, 3.8) is 0 Å². The largest absolute Gasteiger partial charge is 0.487 e. The summed E-state index contributed by atoms with van der Waals surface area (Å²) in [6.07, 6.45) is 4.56. The van der Waals surface area contributed by atoms with E-state index in [0.29, 0.717) is 32.5 Å². The molecule has 2 aromatic rings. The van der Waals surface area contributed by atoms with Crippen LogP contribution < -0.4 is 10.1 Å². The number of H-pyrrole nitrogens is 1. The molecule has 1 aliphatic carbocycles. The SMILES string of the molecule is O=C(NCc1n[nH]c2c1CCC2)N1CCC(Oc2ccccc2F)CC1. The van der Waals surface area contributed by atoms with E-state index in [0.717, 1.165) is 25.0 Å². The number of urea groups is 1. The lowest BCUT2D eigenvalue weighted by molar-refractivity contribution is 0.107. The first-order valence-electron chi connectivity index (χ1n) is 9.19. The second-order valence-electron chi connectivity index (χ2n) is 6.87. The van der Waals surface area contributed by atoms with Gasteiger partial charge in [0.15, 0.2) is 11.6 Å². The van der Waals surface area contributed by atoms with E-state index >= 15 is 0 Å². The number of aromatic nitrogens is 2. The van der Waals surface area contributed by atoms with E-state index in [-0.39, 0.29) is 23.7 Å². The number of hydrogen-bond acceptors (Lipinski definition) is 3. The second kappa shape index (κ2) is 7.35. The Labute approximate surface area is 151 Å². The van der Waals surface area contributed by atoms with Gasteiger partial charge in [-0.25, -0.2) is 9.18 Å². The number of para-hydroxylation sites is 1. The highest BCUT2D eigenvalue weighted by Gasteiger charge is 2.25. The minimum atomic E-state index is -0.348. The zero-order chi connectivity index (χ0) is 17.9. The van der Waals surface area contributed by atoms with E-state index in [9.17, 15) is 9.18 Å². The van der Waals surface area contributed by atoms with Crippen molar-refractivity contribution in [3.8, 4) is 5.75 Å². The molecular formula is C19H23FN4O2. The summed E-state index contributed by atoms with van der Waals surface area (Å²) >= 11 is 0. The summed E-state index contributed by atoms with van der Waals surface area (Å²) in [7, 11) is 0. The van der Waals surface area contributed by atoms with Gasteiger partial charge in [-0.15, -0.1) is 0 Å². The lowest BCUT2D eigenvalue weighted by atomic mass is 10.1. The summed E-state index contributed by atoms with van der Waals surface area (Å²) in [5, 5.41) is 10.3. The minimum Gasteiger partial charge on any atom is -0.487 e. The Morgan fingerprint density at radius 1 is 1.31 bits per heavy atom. The normalized spacial score (nSPS) is 17.2. The summed E-state index contributed by atoms with van der Waals surface area (Å²) in [4.78, 5) is 14.2. The molecule has 2 amide bonds. The van der Waals surface area contributed by atoms with Gasteiger partial charge in [0.05, 0.1) is 12.2 Å². The molecule has 7 heteroatoms. The van der Waals surface area contributed by atoms with E-state index in [2.05, 4.69) is 15.5 Å². The maximum Gasteiger partial charge on any atom is 0.317 e. The third kappa shape index (κ3) is 3.52. The molecule has 2 aliphatic rings. The number of nitrogens with one attached hydrogen (secondary N) is 2. The summed E-state index contributed by atoms with van der Waals surface area (Å²) in [6, 6.07) is 6.35. The molecule has 4 rings (SSSR count).